The van der Waals surface area contributed by atoms with Crippen molar-refractivity contribution in [1.29, 1.82) is 0 Å². The van der Waals surface area contributed by atoms with Crippen molar-refractivity contribution in [1.82, 2.24) is 9.88 Å². The van der Waals surface area contributed by atoms with E-state index in [0.29, 0.717) is 0 Å². The van der Waals surface area contributed by atoms with Crippen molar-refractivity contribution in [3.05, 3.63) is 68.1 Å². The van der Waals surface area contributed by atoms with Gasteiger partial charge in [-0.15, -0.1) is 0 Å². The number of benzene rings is 1. The molecule has 32 heavy (non-hydrogen) atoms. The van der Waals surface area contributed by atoms with Gasteiger partial charge in [0.05, 0.1) is 28.8 Å². The lowest BCUT2D eigenvalue weighted by molar-refractivity contribution is -0.386. The largest absolute Gasteiger partial charge is 0.465 e. The molecule has 1 aromatic heterocycles. The van der Waals surface area contributed by atoms with E-state index in [1.165, 1.54) is 6.07 Å². The summed E-state index contributed by atoms with van der Waals surface area (Å²) in [7, 11) is 1.09. The molecule has 1 fully saturated rings. The number of carbonyl (C=O) groups is 3. The molecule has 2 amide bonds. The first-order valence-corrected chi connectivity index (χ1v) is 9.97. The molecule has 0 saturated heterocycles. The molecule has 168 valence electrons. The molecule has 0 aliphatic heterocycles. The second-order valence-corrected chi connectivity index (χ2v) is 7.34. The number of hydrogen-bond acceptors (Lipinski definition) is 7. The number of esters is 1. The van der Waals surface area contributed by atoms with Gasteiger partial charge >= 0.3 is 17.2 Å². The number of methoxy groups -OCH3 is 1. The Kier molecular flexibility index (Phi) is 6.98. The minimum absolute atomic E-state index is 0.0893. The maximum Gasteiger partial charge on any atom is 0.339 e. The van der Waals surface area contributed by atoms with E-state index in [9.17, 15) is 29.3 Å². The molecule has 0 spiro atoms. The molecular weight excluding hydrogens is 420 g/mol. The van der Waals surface area contributed by atoms with Crippen LogP contribution in [0.1, 0.15) is 46.4 Å². The molecule has 1 aromatic carbocycles. The van der Waals surface area contributed by atoms with E-state index in [-0.39, 0.29) is 28.8 Å². The number of hydrogen-bond donors (Lipinski definition) is 2. The van der Waals surface area contributed by atoms with E-state index in [0.717, 1.165) is 49.6 Å². The Labute approximate surface area is 182 Å². The van der Waals surface area contributed by atoms with Gasteiger partial charge in [-0.2, -0.15) is 0 Å². The minimum atomic E-state index is -1.05. The number of amides is 2. The van der Waals surface area contributed by atoms with Crippen molar-refractivity contribution in [2.75, 3.05) is 12.4 Å². The first kappa shape index (κ1) is 22.7. The molecule has 11 nitrogen and oxygen atoms in total. The first-order chi connectivity index (χ1) is 15.3. The third-order valence-electron chi connectivity index (χ3n) is 5.14. The van der Waals surface area contributed by atoms with E-state index in [1.54, 1.807) is 18.2 Å². The molecule has 1 aliphatic carbocycles. The number of aromatic nitrogens is 1. The highest BCUT2D eigenvalue weighted by molar-refractivity contribution is 6.03. The Morgan fingerprint density at radius 3 is 2.56 bits per heavy atom. The lowest BCUT2D eigenvalue weighted by atomic mass is 10.1. The van der Waals surface area contributed by atoms with E-state index >= 15 is 0 Å². The standard InChI is InChI=1S/C21H22N4O7/c1-32-21(29)13-10-17(25(30)31)20(28)24(11-13)12-18(26)23-16-9-5-4-8-15(16)19(27)22-14-6-2-3-7-14/h4-5,8-11,14H,2-3,6-7,12H2,1H3,(H,22,27)(H,23,26). The van der Waals surface area contributed by atoms with Crippen LogP contribution >= 0.6 is 0 Å². The van der Waals surface area contributed by atoms with Crippen LogP contribution in [0.25, 0.3) is 0 Å². The second-order valence-electron chi connectivity index (χ2n) is 7.34. The average molecular weight is 442 g/mol. The fourth-order valence-corrected chi connectivity index (χ4v) is 3.57. The van der Waals surface area contributed by atoms with Crippen molar-refractivity contribution in [2.24, 2.45) is 0 Å². The number of ether oxygens (including phenoxy) is 1. The normalized spacial score (nSPS) is 13.4. The molecule has 0 radical (unpaired) electrons. The number of rotatable bonds is 7. The second kappa shape index (κ2) is 9.86. The van der Waals surface area contributed by atoms with Crippen LogP contribution in [0.5, 0.6) is 0 Å². The van der Waals surface area contributed by atoms with Crippen LogP contribution in [0.4, 0.5) is 11.4 Å². The zero-order valence-corrected chi connectivity index (χ0v) is 17.3. The van der Waals surface area contributed by atoms with Gasteiger partial charge in [-0.05, 0) is 25.0 Å². The topological polar surface area (TPSA) is 150 Å². The maximum absolute atomic E-state index is 12.6. The molecule has 0 bridgehead atoms. The van der Waals surface area contributed by atoms with Gasteiger partial charge in [-0.25, -0.2) is 4.79 Å². The highest BCUT2D eigenvalue weighted by atomic mass is 16.6. The van der Waals surface area contributed by atoms with E-state index in [2.05, 4.69) is 15.4 Å². The summed E-state index contributed by atoms with van der Waals surface area (Å²) in [5.41, 5.74) is -1.67. The Morgan fingerprint density at radius 1 is 1.22 bits per heavy atom. The number of nitrogens with zero attached hydrogens (tertiary/aromatic N) is 2. The lowest BCUT2D eigenvalue weighted by Crippen LogP contribution is -2.34. The molecular formula is C21H22N4O7. The average Bonchev–Trinajstić information content (AvgIpc) is 3.27. The van der Waals surface area contributed by atoms with Crippen LogP contribution in [-0.4, -0.2) is 40.4 Å². The molecule has 2 N–H and O–H groups in total. The van der Waals surface area contributed by atoms with Crippen LogP contribution in [0.2, 0.25) is 0 Å². The van der Waals surface area contributed by atoms with Crippen molar-refractivity contribution >= 4 is 29.2 Å². The Hall–Kier alpha value is -4.02. The lowest BCUT2D eigenvalue weighted by Gasteiger charge is -2.15. The molecule has 2 aromatic rings. The summed E-state index contributed by atoms with van der Waals surface area (Å²) in [6.45, 7) is -0.608. The zero-order chi connectivity index (χ0) is 23.3. The van der Waals surface area contributed by atoms with Crippen LogP contribution in [0, 0.1) is 10.1 Å². The van der Waals surface area contributed by atoms with Gasteiger partial charge in [0.1, 0.15) is 6.54 Å². The maximum atomic E-state index is 12.6. The van der Waals surface area contributed by atoms with Crippen molar-refractivity contribution in [3.8, 4) is 0 Å². The monoisotopic (exact) mass is 442 g/mol. The van der Waals surface area contributed by atoms with E-state index in [4.69, 9.17) is 0 Å². The van der Waals surface area contributed by atoms with E-state index in [1.807, 2.05) is 0 Å². The van der Waals surface area contributed by atoms with E-state index < -0.39 is 34.6 Å². The van der Waals surface area contributed by atoms with Crippen molar-refractivity contribution in [2.45, 2.75) is 38.3 Å². The predicted molar refractivity (Wildman–Crippen MR) is 113 cm³/mol. The Morgan fingerprint density at radius 2 is 1.91 bits per heavy atom. The number of para-hydroxylation sites is 1. The minimum Gasteiger partial charge on any atom is -0.465 e. The molecule has 0 unspecified atom stereocenters. The first-order valence-electron chi connectivity index (χ1n) is 9.97. The SMILES string of the molecule is COC(=O)c1cc([N+](=O)[O-])c(=O)n(CC(=O)Nc2ccccc2C(=O)NC2CCCC2)c1. The highest BCUT2D eigenvalue weighted by Gasteiger charge is 2.23. The number of carbonyl (C=O) groups excluding carboxylic acids is 3. The van der Waals surface area contributed by atoms with Crippen LogP contribution in [0.3, 0.4) is 0 Å². The van der Waals surface area contributed by atoms with Crippen molar-refractivity contribution < 1.29 is 24.0 Å². The Bertz CT molecular complexity index is 1120. The fourth-order valence-electron chi connectivity index (χ4n) is 3.57. The van der Waals surface area contributed by atoms with Gasteiger partial charge < -0.3 is 15.4 Å². The summed E-state index contributed by atoms with van der Waals surface area (Å²) in [6.07, 6.45) is 4.92. The summed E-state index contributed by atoms with van der Waals surface area (Å²) in [5, 5.41) is 16.7. The molecule has 1 saturated carbocycles. The summed E-state index contributed by atoms with van der Waals surface area (Å²) in [6, 6.07) is 7.29. The third-order valence-corrected chi connectivity index (χ3v) is 5.14. The highest BCUT2D eigenvalue weighted by Crippen LogP contribution is 2.20. The predicted octanol–water partition coefficient (Wildman–Crippen LogP) is 1.85. The third kappa shape index (κ3) is 5.17. The van der Waals surface area contributed by atoms with Gasteiger partial charge in [0.25, 0.3) is 5.91 Å². The molecule has 11 heteroatoms. The summed E-state index contributed by atoms with van der Waals surface area (Å²) < 4.78 is 5.29. The quantitative estimate of drug-likeness (QED) is 0.377. The van der Waals surface area contributed by atoms with Crippen molar-refractivity contribution in [3.63, 3.8) is 0 Å². The van der Waals surface area contributed by atoms with Crippen LogP contribution in [-0.2, 0) is 16.1 Å². The smallest absolute Gasteiger partial charge is 0.339 e. The molecule has 3 rings (SSSR count). The van der Waals surface area contributed by atoms with Gasteiger partial charge in [-0.1, -0.05) is 25.0 Å². The molecule has 1 aliphatic rings. The Balaban J connectivity index is 1.81. The van der Waals surface area contributed by atoms with Gasteiger partial charge in [0.15, 0.2) is 0 Å². The summed E-state index contributed by atoms with van der Waals surface area (Å²) in [5.74, 6) is -1.92. The fraction of sp³-hybridized carbons (Fsp3) is 0.333. The summed E-state index contributed by atoms with van der Waals surface area (Å²) in [4.78, 5) is 59.6. The van der Waals surface area contributed by atoms with Gasteiger partial charge in [0, 0.05) is 18.3 Å². The number of pyridine rings is 1. The molecule has 1 heterocycles. The number of nitro groups is 1. The van der Waals surface area contributed by atoms with Gasteiger partial charge in [-0.3, -0.25) is 29.1 Å². The summed E-state index contributed by atoms with van der Waals surface area (Å²) >= 11 is 0. The number of nitrogens with one attached hydrogen (secondary N) is 2. The zero-order valence-electron chi connectivity index (χ0n) is 17.3. The van der Waals surface area contributed by atoms with Gasteiger partial charge in [0.2, 0.25) is 5.91 Å². The van der Waals surface area contributed by atoms with Crippen LogP contribution < -0.4 is 16.2 Å². The molecule has 0 atom stereocenters. The van der Waals surface area contributed by atoms with Crippen LogP contribution in [0.15, 0.2) is 41.3 Å². The number of anilines is 1.